The molecule has 1 aromatic carbocycles. The van der Waals surface area contributed by atoms with Gasteiger partial charge in [0.15, 0.2) is 23.1 Å². The number of halogens is 2. The van der Waals surface area contributed by atoms with Crippen molar-refractivity contribution in [3.8, 4) is 11.4 Å². The number of hydrogen-bond acceptors (Lipinski definition) is 8. The minimum atomic E-state index is -4.10. The maximum atomic E-state index is 14.8. The molecule has 3 heterocycles. The molecule has 0 unspecified atom stereocenters. The molecule has 1 saturated carbocycles. The Morgan fingerprint density at radius 1 is 1.15 bits per heavy atom. The molecule has 204 valence electrons. The van der Waals surface area contributed by atoms with Crippen LogP contribution in [0.25, 0.3) is 22.4 Å². The Labute approximate surface area is 224 Å². The molecule has 0 radical (unpaired) electrons. The number of hydrogen-bond donors (Lipinski definition) is 1. The maximum Gasteiger partial charge on any atom is 0.308 e. The first-order valence-corrected chi connectivity index (χ1v) is 14.1. The van der Waals surface area contributed by atoms with Crippen molar-refractivity contribution in [2.24, 2.45) is 5.92 Å². The first-order chi connectivity index (χ1) is 18.7. The molecule has 3 aromatic heterocycles. The minimum Gasteiger partial charge on any atom is -0.466 e. The van der Waals surface area contributed by atoms with Crippen LogP contribution in [-0.4, -0.2) is 46.0 Å². The number of fused-ring (bicyclic) bond motifs is 1. The predicted molar refractivity (Wildman–Crippen MR) is 140 cm³/mol. The third kappa shape index (κ3) is 5.33. The van der Waals surface area contributed by atoms with Gasteiger partial charge >= 0.3 is 5.97 Å². The van der Waals surface area contributed by atoms with Crippen molar-refractivity contribution < 1.29 is 26.7 Å². The zero-order valence-corrected chi connectivity index (χ0v) is 22.2. The topological polar surface area (TPSA) is 116 Å². The van der Waals surface area contributed by atoms with Crippen molar-refractivity contribution in [2.75, 3.05) is 11.9 Å². The van der Waals surface area contributed by atoms with E-state index in [0.717, 1.165) is 34.4 Å². The smallest absolute Gasteiger partial charge is 0.308 e. The fourth-order valence-corrected chi connectivity index (χ4v) is 6.15. The van der Waals surface area contributed by atoms with Crippen LogP contribution in [0.5, 0.6) is 0 Å². The number of ether oxygens (including phenoxy) is 1. The Bertz CT molecular complexity index is 1640. The van der Waals surface area contributed by atoms with Crippen molar-refractivity contribution >= 4 is 32.8 Å². The molecule has 0 amide bonds. The number of nitrogens with zero attached hydrogens (tertiary/aromatic N) is 4. The van der Waals surface area contributed by atoms with Crippen LogP contribution in [0.4, 0.5) is 14.6 Å². The molecule has 0 spiro atoms. The van der Waals surface area contributed by atoms with E-state index in [1.54, 1.807) is 19.1 Å². The third-order valence-electron chi connectivity index (χ3n) is 6.78. The zero-order valence-electron chi connectivity index (χ0n) is 21.4. The molecular formula is C27H27F2N5O4S. The second-order valence-electron chi connectivity index (χ2n) is 9.53. The summed E-state index contributed by atoms with van der Waals surface area (Å²) in [6.07, 6.45) is 5.78. The molecule has 1 fully saturated rings. The van der Waals surface area contributed by atoms with Crippen LogP contribution in [0.15, 0.2) is 53.8 Å². The number of carbonyl (C=O) groups is 1. The average molecular weight is 556 g/mol. The van der Waals surface area contributed by atoms with Crippen LogP contribution in [-0.2, 0) is 19.6 Å². The molecule has 39 heavy (non-hydrogen) atoms. The van der Waals surface area contributed by atoms with Gasteiger partial charge in [-0.2, -0.15) is 0 Å². The van der Waals surface area contributed by atoms with Gasteiger partial charge in [0.1, 0.15) is 5.82 Å². The molecule has 1 aliphatic carbocycles. The van der Waals surface area contributed by atoms with Crippen LogP contribution in [0.1, 0.15) is 38.2 Å². The van der Waals surface area contributed by atoms with E-state index in [-0.39, 0.29) is 51.1 Å². The first-order valence-electron chi connectivity index (χ1n) is 12.6. The van der Waals surface area contributed by atoms with E-state index in [9.17, 15) is 22.0 Å². The van der Waals surface area contributed by atoms with Gasteiger partial charge in [-0.05, 0) is 51.3 Å². The molecule has 0 aliphatic heterocycles. The summed E-state index contributed by atoms with van der Waals surface area (Å²) in [5, 5.41) is 3.22. The summed E-state index contributed by atoms with van der Waals surface area (Å²) in [6.45, 7) is 3.88. The molecular weight excluding hydrogens is 528 g/mol. The largest absolute Gasteiger partial charge is 0.466 e. The number of carbonyl (C=O) groups excluding carboxylic acids is 1. The Morgan fingerprint density at radius 3 is 2.67 bits per heavy atom. The maximum absolute atomic E-state index is 14.8. The average Bonchev–Trinajstić information content (AvgIpc) is 3.30. The summed E-state index contributed by atoms with van der Waals surface area (Å²) < 4.78 is 62.1. The lowest BCUT2D eigenvalue weighted by Crippen LogP contribution is -2.32. The number of aromatic nitrogens is 4. The highest BCUT2D eigenvalue weighted by atomic mass is 32.2. The molecule has 5 rings (SSSR count). The Balaban J connectivity index is 1.52. The Kier molecular flexibility index (Phi) is 7.30. The second kappa shape index (κ2) is 10.7. The van der Waals surface area contributed by atoms with Gasteiger partial charge in [-0.3, -0.25) is 4.79 Å². The monoisotopic (exact) mass is 555 g/mol. The highest BCUT2D eigenvalue weighted by molar-refractivity contribution is 7.90. The van der Waals surface area contributed by atoms with Crippen LogP contribution >= 0.6 is 0 Å². The fourth-order valence-electron chi connectivity index (χ4n) is 4.83. The molecule has 12 heteroatoms. The summed E-state index contributed by atoms with van der Waals surface area (Å²) in [7, 11) is -4.10. The lowest BCUT2D eigenvalue weighted by atomic mass is 9.85. The summed E-state index contributed by atoms with van der Waals surface area (Å²) in [5.41, 5.74) is 1.04. The quantitative estimate of drug-likeness (QED) is 0.322. The Morgan fingerprint density at radius 2 is 1.92 bits per heavy atom. The van der Waals surface area contributed by atoms with Gasteiger partial charge in [-0.1, -0.05) is 24.1 Å². The first kappa shape index (κ1) is 26.7. The van der Waals surface area contributed by atoms with Crippen molar-refractivity contribution in [3.63, 3.8) is 0 Å². The van der Waals surface area contributed by atoms with Gasteiger partial charge in [0.05, 0.1) is 29.8 Å². The van der Waals surface area contributed by atoms with E-state index in [1.807, 2.05) is 6.92 Å². The van der Waals surface area contributed by atoms with Crippen molar-refractivity contribution in [3.05, 3.63) is 66.1 Å². The summed E-state index contributed by atoms with van der Waals surface area (Å²) in [6, 6.07) is 7.21. The number of nitrogens with one attached hydrogen (secondary N) is 1. The Hall–Kier alpha value is -3.93. The zero-order chi connectivity index (χ0) is 27.7. The van der Waals surface area contributed by atoms with Crippen LogP contribution in [0.3, 0.4) is 0 Å². The van der Waals surface area contributed by atoms with E-state index in [1.165, 1.54) is 18.3 Å². The van der Waals surface area contributed by atoms with Gasteiger partial charge in [0, 0.05) is 23.2 Å². The lowest BCUT2D eigenvalue weighted by molar-refractivity contribution is -0.149. The van der Waals surface area contributed by atoms with Crippen LogP contribution in [0, 0.1) is 24.5 Å². The number of pyridine rings is 1. The van der Waals surface area contributed by atoms with Crippen LogP contribution in [0.2, 0.25) is 0 Å². The lowest BCUT2D eigenvalue weighted by Gasteiger charge is -2.28. The van der Waals surface area contributed by atoms with Gasteiger partial charge in [-0.15, -0.1) is 0 Å². The number of anilines is 1. The van der Waals surface area contributed by atoms with Gasteiger partial charge in [0.2, 0.25) is 0 Å². The molecule has 0 bridgehead atoms. The SMILES string of the molecule is CCOC(=O)[C@@H]1CCC[C@H](Nc2nc(-c3cn(S(=O)(=O)c4ccc(C)cc4)c4ncc(F)cc34)ncc2F)C1. The molecule has 2 atom stereocenters. The summed E-state index contributed by atoms with van der Waals surface area (Å²) in [4.78, 5) is 24.7. The van der Waals surface area contributed by atoms with E-state index in [4.69, 9.17) is 4.74 Å². The third-order valence-corrected chi connectivity index (χ3v) is 8.44. The highest BCUT2D eigenvalue weighted by Crippen LogP contribution is 2.33. The van der Waals surface area contributed by atoms with E-state index in [2.05, 4.69) is 20.3 Å². The van der Waals surface area contributed by atoms with Crippen molar-refractivity contribution in [2.45, 2.75) is 50.5 Å². The van der Waals surface area contributed by atoms with E-state index in [0.29, 0.717) is 25.9 Å². The molecule has 1 N–H and O–H groups in total. The van der Waals surface area contributed by atoms with Gasteiger partial charge in [0.25, 0.3) is 10.0 Å². The molecule has 4 aromatic rings. The number of aryl methyl sites for hydroxylation is 1. The fraction of sp³-hybridized carbons (Fsp3) is 0.333. The molecule has 9 nitrogen and oxygen atoms in total. The molecule has 1 aliphatic rings. The number of esters is 1. The second-order valence-corrected chi connectivity index (χ2v) is 11.3. The minimum absolute atomic E-state index is 0.00749. The van der Waals surface area contributed by atoms with Gasteiger partial charge in [-0.25, -0.2) is 36.1 Å². The normalized spacial score (nSPS) is 17.7. The standard InChI is InChI=1S/C27H27F2N5O4S/c1-3-38-27(35)17-5-4-6-19(11-17)32-25-23(29)14-30-24(33-25)22-15-34(26-21(22)12-18(28)13-31-26)39(36,37)20-9-7-16(2)8-10-20/h7-10,12-15,17,19H,3-6,11H2,1-2H3,(H,30,32,33)/t17-,19+/m1/s1. The van der Waals surface area contributed by atoms with E-state index >= 15 is 0 Å². The predicted octanol–water partition coefficient (Wildman–Crippen LogP) is 4.85. The number of rotatable bonds is 7. The highest BCUT2D eigenvalue weighted by Gasteiger charge is 2.29. The number of benzene rings is 1. The van der Waals surface area contributed by atoms with Crippen molar-refractivity contribution in [1.82, 2.24) is 18.9 Å². The van der Waals surface area contributed by atoms with Gasteiger partial charge < -0.3 is 10.1 Å². The van der Waals surface area contributed by atoms with E-state index < -0.39 is 21.7 Å². The molecule has 0 saturated heterocycles. The summed E-state index contributed by atoms with van der Waals surface area (Å²) in [5.74, 6) is -2.06. The van der Waals surface area contributed by atoms with Crippen molar-refractivity contribution in [1.29, 1.82) is 0 Å². The van der Waals surface area contributed by atoms with Crippen LogP contribution < -0.4 is 5.32 Å². The summed E-state index contributed by atoms with van der Waals surface area (Å²) >= 11 is 0.